The molecule has 0 N–H and O–H groups in total. The highest BCUT2D eigenvalue weighted by Gasteiger charge is 2.54. The van der Waals surface area contributed by atoms with E-state index < -0.39 is 26.6 Å². The summed E-state index contributed by atoms with van der Waals surface area (Å²) in [6.07, 6.45) is 8.67. The maximum Gasteiger partial charge on any atom is 0.494 e. The van der Waals surface area contributed by atoms with Crippen LogP contribution in [0.1, 0.15) is 101 Å². The standard InChI is InChI=1S/C31H53BO4Si/c1-21(22(2)34-37(12,13)28(3,4)5)26(32-35-30(8,9)31(10,11)36-32)16-14-15-17-27(33)24-19-18-23-20-25(24)29(23,6)7/h16,19,22-23,25H,1,14-15,17-18,20H2,2-13H3/b26-16-. The van der Waals surface area contributed by atoms with Gasteiger partial charge in [-0.25, -0.2) is 0 Å². The highest BCUT2D eigenvalue weighted by atomic mass is 28.4. The average molecular weight is 529 g/mol. The van der Waals surface area contributed by atoms with Gasteiger partial charge < -0.3 is 13.7 Å². The van der Waals surface area contributed by atoms with E-state index in [-0.39, 0.29) is 16.6 Å². The number of allylic oxidation sites excluding steroid dienone is 3. The lowest BCUT2D eigenvalue weighted by atomic mass is 9.48. The topological polar surface area (TPSA) is 44.8 Å². The number of unbranched alkanes of at least 4 members (excludes halogenated alkanes) is 1. The van der Waals surface area contributed by atoms with Crippen molar-refractivity contribution in [2.24, 2.45) is 17.3 Å². The van der Waals surface area contributed by atoms with Crippen molar-refractivity contribution in [1.82, 2.24) is 0 Å². The summed E-state index contributed by atoms with van der Waals surface area (Å²) in [6.45, 7) is 30.8. The Morgan fingerprint density at radius 2 is 1.76 bits per heavy atom. The van der Waals surface area contributed by atoms with Gasteiger partial charge in [0.05, 0.1) is 17.3 Å². The van der Waals surface area contributed by atoms with Crippen molar-refractivity contribution in [3.05, 3.63) is 35.3 Å². The largest absolute Gasteiger partial charge is 0.494 e. The number of ketones is 1. The van der Waals surface area contributed by atoms with E-state index in [1.54, 1.807) is 0 Å². The molecular weight excluding hydrogens is 475 g/mol. The molecule has 3 unspecified atom stereocenters. The van der Waals surface area contributed by atoms with Gasteiger partial charge in [-0.1, -0.05) is 53.3 Å². The molecule has 3 aliphatic carbocycles. The summed E-state index contributed by atoms with van der Waals surface area (Å²) in [7, 11) is -2.47. The fourth-order valence-corrected chi connectivity index (χ4v) is 6.98. The molecule has 0 radical (unpaired) electrons. The monoisotopic (exact) mass is 528 g/mol. The third-order valence-corrected chi connectivity index (χ3v) is 15.0. The highest BCUT2D eigenvalue weighted by molar-refractivity contribution is 6.74. The van der Waals surface area contributed by atoms with Crippen LogP contribution in [0.5, 0.6) is 0 Å². The summed E-state index contributed by atoms with van der Waals surface area (Å²) in [5, 5.41) is 0.110. The van der Waals surface area contributed by atoms with Crippen LogP contribution >= 0.6 is 0 Å². The van der Waals surface area contributed by atoms with Crippen molar-refractivity contribution in [3.8, 4) is 0 Å². The Labute approximate surface area is 229 Å². The minimum absolute atomic E-state index is 0.110. The Bertz CT molecular complexity index is 950. The summed E-state index contributed by atoms with van der Waals surface area (Å²) in [6, 6.07) is 0. The molecule has 1 saturated heterocycles. The molecule has 4 nitrogen and oxygen atoms in total. The number of carbonyl (C=O) groups excluding carboxylic acids is 1. The maximum atomic E-state index is 13.1. The van der Waals surface area contributed by atoms with Gasteiger partial charge in [-0.2, -0.15) is 0 Å². The lowest BCUT2D eigenvalue weighted by Crippen LogP contribution is -2.49. The number of carbonyl (C=O) groups is 1. The fraction of sp³-hybridized carbons (Fsp3) is 0.774. The van der Waals surface area contributed by atoms with Crippen LogP contribution in [-0.4, -0.2) is 38.5 Å². The van der Waals surface area contributed by atoms with Crippen LogP contribution in [-0.2, 0) is 18.5 Å². The van der Waals surface area contributed by atoms with E-state index >= 15 is 0 Å². The molecule has 1 saturated carbocycles. The Morgan fingerprint density at radius 1 is 1.19 bits per heavy atom. The van der Waals surface area contributed by atoms with E-state index in [9.17, 15) is 4.79 Å². The Hall–Kier alpha value is -0.948. The van der Waals surface area contributed by atoms with Gasteiger partial charge in [-0.05, 0) is 112 Å². The second-order valence-corrected chi connectivity index (χ2v) is 19.6. The predicted molar refractivity (Wildman–Crippen MR) is 158 cm³/mol. The van der Waals surface area contributed by atoms with Gasteiger partial charge in [0.2, 0.25) is 0 Å². The normalized spacial score (nSPS) is 27.4. The Balaban J connectivity index is 1.72. The van der Waals surface area contributed by atoms with E-state index in [2.05, 4.69) is 101 Å². The van der Waals surface area contributed by atoms with E-state index in [0.29, 0.717) is 18.1 Å². The lowest BCUT2D eigenvalue weighted by Gasteiger charge is -2.56. The Morgan fingerprint density at radius 3 is 2.24 bits per heavy atom. The zero-order valence-corrected chi connectivity index (χ0v) is 26.8. The van der Waals surface area contributed by atoms with Crippen molar-refractivity contribution in [2.75, 3.05) is 0 Å². The van der Waals surface area contributed by atoms with Gasteiger partial charge >= 0.3 is 7.12 Å². The molecule has 3 atom stereocenters. The molecule has 2 bridgehead atoms. The minimum atomic E-state index is -1.98. The van der Waals surface area contributed by atoms with Crippen molar-refractivity contribution in [1.29, 1.82) is 0 Å². The number of fused-ring (bicyclic) bond motifs is 1. The molecule has 6 heteroatoms. The first kappa shape index (κ1) is 30.6. The van der Waals surface area contributed by atoms with Crippen molar-refractivity contribution in [2.45, 2.75) is 137 Å². The molecule has 2 fully saturated rings. The third kappa shape index (κ3) is 5.98. The van der Waals surface area contributed by atoms with Crippen LogP contribution in [0.25, 0.3) is 0 Å². The molecule has 1 heterocycles. The first-order chi connectivity index (χ1) is 16.7. The first-order valence-corrected chi connectivity index (χ1v) is 17.3. The second kappa shape index (κ2) is 10.2. The molecule has 0 spiro atoms. The van der Waals surface area contributed by atoms with Crippen LogP contribution in [0.2, 0.25) is 18.1 Å². The zero-order chi connectivity index (χ0) is 28.2. The van der Waals surface area contributed by atoms with E-state index in [1.807, 2.05) is 0 Å². The zero-order valence-electron chi connectivity index (χ0n) is 25.8. The van der Waals surface area contributed by atoms with Crippen molar-refractivity contribution in [3.63, 3.8) is 0 Å². The van der Waals surface area contributed by atoms with Gasteiger partial charge in [0.15, 0.2) is 14.1 Å². The van der Waals surface area contributed by atoms with Gasteiger partial charge in [0.1, 0.15) is 0 Å². The van der Waals surface area contributed by atoms with Crippen LogP contribution in [0.15, 0.2) is 35.3 Å². The number of Topliss-reactive ketones (excluding diaryl/α,β-unsaturated/α-hetero) is 1. The summed E-state index contributed by atoms with van der Waals surface area (Å²) >= 11 is 0. The average Bonchev–Trinajstić information content (AvgIpc) is 2.98. The SMILES string of the molecule is C=C(/C(=C/CCCC(=O)C1=CCC2CC1C2(C)C)B1OC(C)(C)C(C)(C)O1)C(C)O[Si](C)(C)C(C)(C)C. The number of hydrogen-bond acceptors (Lipinski definition) is 4. The molecule has 208 valence electrons. The van der Waals surface area contributed by atoms with Crippen LogP contribution in [0.4, 0.5) is 0 Å². The van der Waals surface area contributed by atoms with Gasteiger partial charge in [-0.15, -0.1) is 0 Å². The summed E-state index contributed by atoms with van der Waals surface area (Å²) in [5.41, 5.74) is 2.36. The van der Waals surface area contributed by atoms with Crippen LogP contribution in [0, 0.1) is 17.3 Å². The molecule has 0 aromatic rings. The van der Waals surface area contributed by atoms with E-state index in [4.69, 9.17) is 13.7 Å². The number of rotatable bonds is 10. The number of hydrogen-bond donors (Lipinski definition) is 0. The lowest BCUT2D eigenvalue weighted by molar-refractivity contribution is -0.119. The van der Waals surface area contributed by atoms with Gasteiger partial charge in [-0.3, -0.25) is 4.79 Å². The summed E-state index contributed by atoms with van der Waals surface area (Å²) in [4.78, 5) is 13.1. The van der Waals surface area contributed by atoms with Crippen molar-refractivity contribution >= 4 is 21.2 Å². The summed E-state index contributed by atoms with van der Waals surface area (Å²) in [5.74, 6) is 1.53. The molecule has 0 amide bonds. The molecule has 0 aromatic heterocycles. The smallest absolute Gasteiger partial charge is 0.410 e. The fourth-order valence-electron chi connectivity index (χ4n) is 5.60. The Kier molecular flexibility index (Phi) is 8.45. The minimum Gasteiger partial charge on any atom is -0.410 e. The quantitative estimate of drug-likeness (QED) is 0.163. The molecular formula is C31H53BO4Si. The first-order valence-electron chi connectivity index (χ1n) is 14.4. The third-order valence-electron chi connectivity index (χ3n) is 10.4. The van der Waals surface area contributed by atoms with Crippen LogP contribution in [0.3, 0.4) is 0 Å². The predicted octanol–water partition coefficient (Wildman–Crippen LogP) is 8.24. The van der Waals surface area contributed by atoms with Crippen LogP contribution < -0.4 is 0 Å². The molecule has 37 heavy (non-hydrogen) atoms. The molecule has 4 rings (SSSR count). The van der Waals surface area contributed by atoms with E-state index in [1.165, 1.54) is 6.42 Å². The highest BCUT2D eigenvalue weighted by Crippen LogP contribution is 2.59. The second-order valence-electron chi connectivity index (χ2n) is 14.8. The summed E-state index contributed by atoms with van der Waals surface area (Å²) < 4.78 is 19.6. The molecule has 4 aliphatic rings. The van der Waals surface area contributed by atoms with Gasteiger partial charge in [0, 0.05) is 6.42 Å². The molecule has 1 aliphatic heterocycles. The molecule has 0 aromatic carbocycles. The maximum absolute atomic E-state index is 13.1. The van der Waals surface area contributed by atoms with E-state index in [0.717, 1.165) is 41.8 Å². The van der Waals surface area contributed by atoms with Gasteiger partial charge in [0.25, 0.3) is 0 Å². The van der Waals surface area contributed by atoms with Crippen molar-refractivity contribution < 1.29 is 18.5 Å².